The standard InChI is InChI=1S/C29H50/c1-7-22(20(2)3)12-11-21(4)25-15-16-26-24-14-13-23-10-8-9-18-28(23,5)27(24)17-19-29(25,26)6/h7,20-21,23-27H,8-19H2,1-6H3. The van der Waals surface area contributed by atoms with E-state index in [2.05, 4.69) is 47.6 Å². The zero-order valence-electron chi connectivity index (χ0n) is 20.6. The van der Waals surface area contributed by atoms with Gasteiger partial charge in [0.05, 0.1) is 0 Å². The van der Waals surface area contributed by atoms with Crippen molar-refractivity contribution in [1.82, 2.24) is 0 Å². The van der Waals surface area contributed by atoms with Crippen LogP contribution < -0.4 is 0 Å². The molecule has 0 radical (unpaired) electrons. The maximum atomic E-state index is 2.75. The number of rotatable bonds is 5. The third kappa shape index (κ3) is 3.67. The molecule has 4 rings (SSSR count). The Balaban J connectivity index is 1.46. The number of hydrogen-bond donors (Lipinski definition) is 0. The van der Waals surface area contributed by atoms with Gasteiger partial charge in [0, 0.05) is 0 Å². The summed E-state index contributed by atoms with van der Waals surface area (Å²) >= 11 is 0. The van der Waals surface area contributed by atoms with Crippen LogP contribution in [0.4, 0.5) is 0 Å². The van der Waals surface area contributed by atoms with Crippen LogP contribution in [-0.2, 0) is 0 Å². The van der Waals surface area contributed by atoms with Crippen LogP contribution in [0, 0.1) is 52.3 Å². The van der Waals surface area contributed by atoms with Crippen molar-refractivity contribution in [3.63, 3.8) is 0 Å². The molecule has 29 heavy (non-hydrogen) atoms. The van der Waals surface area contributed by atoms with Gasteiger partial charge in [-0.2, -0.15) is 0 Å². The van der Waals surface area contributed by atoms with Crippen molar-refractivity contribution in [1.29, 1.82) is 0 Å². The lowest BCUT2D eigenvalue weighted by atomic mass is 9.44. The van der Waals surface area contributed by atoms with Crippen LogP contribution in [0.2, 0.25) is 0 Å². The molecule has 4 saturated carbocycles. The smallest absolute Gasteiger partial charge is 0.0260 e. The first kappa shape index (κ1) is 22.0. The summed E-state index contributed by atoms with van der Waals surface area (Å²) in [6, 6.07) is 0. The first-order valence-corrected chi connectivity index (χ1v) is 13.5. The van der Waals surface area contributed by atoms with Crippen LogP contribution in [0.3, 0.4) is 0 Å². The minimum Gasteiger partial charge on any atom is -0.0882 e. The second kappa shape index (κ2) is 8.35. The molecule has 0 bridgehead atoms. The van der Waals surface area contributed by atoms with Gasteiger partial charge in [-0.3, -0.25) is 0 Å². The molecule has 0 heteroatoms. The van der Waals surface area contributed by atoms with Crippen LogP contribution in [0.15, 0.2) is 11.6 Å². The van der Waals surface area contributed by atoms with E-state index in [-0.39, 0.29) is 0 Å². The van der Waals surface area contributed by atoms with Gasteiger partial charge in [-0.1, -0.05) is 59.1 Å². The third-order valence-corrected chi connectivity index (χ3v) is 11.3. The fourth-order valence-electron chi connectivity index (χ4n) is 9.63. The van der Waals surface area contributed by atoms with Gasteiger partial charge < -0.3 is 0 Å². The second-order valence-electron chi connectivity index (χ2n) is 12.7. The largest absolute Gasteiger partial charge is 0.0882 e. The van der Waals surface area contributed by atoms with E-state index in [4.69, 9.17) is 0 Å². The van der Waals surface area contributed by atoms with Gasteiger partial charge >= 0.3 is 0 Å². The Kier molecular flexibility index (Phi) is 6.32. The summed E-state index contributed by atoms with van der Waals surface area (Å²) in [7, 11) is 0. The fraction of sp³-hybridized carbons (Fsp3) is 0.931. The number of fused-ring (bicyclic) bond motifs is 5. The number of hydrogen-bond acceptors (Lipinski definition) is 0. The monoisotopic (exact) mass is 398 g/mol. The van der Waals surface area contributed by atoms with Crippen LogP contribution in [0.25, 0.3) is 0 Å². The summed E-state index contributed by atoms with van der Waals surface area (Å²) in [6.07, 6.45) is 20.6. The molecule has 8 atom stereocenters. The molecule has 0 nitrogen and oxygen atoms in total. The highest BCUT2D eigenvalue weighted by atomic mass is 14.6. The van der Waals surface area contributed by atoms with Crippen molar-refractivity contribution in [2.45, 2.75) is 119 Å². The quantitative estimate of drug-likeness (QED) is 0.405. The topological polar surface area (TPSA) is 0 Å². The maximum absolute atomic E-state index is 2.75. The van der Waals surface area contributed by atoms with Crippen molar-refractivity contribution in [2.24, 2.45) is 52.3 Å². The van der Waals surface area contributed by atoms with Gasteiger partial charge in [-0.05, 0) is 123 Å². The molecule has 0 aromatic heterocycles. The Labute approximate surface area is 182 Å². The predicted octanol–water partition coefficient (Wildman–Crippen LogP) is 9.05. The molecule has 0 aliphatic heterocycles. The Hall–Kier alpha value is -0.260. The molecule has 0 amide bonds. The molecule has 8 unspecified atom stereocenters. The second-order valence-corrected chi connectivity index (χ2v) is 12.7. The SMILES string of the molecule is CC=C(CCC(C)C1CCC2C3CCC4CCCCC4(C)C3CCC12C)C(C)C. The first-order chi connectivity index (χ1) is 13.8. The Morgan fingerprint density at radius 1 is 0.862 bits per heavy atom. The Morgan fingerprint density at radius 2 is 1.62 bits per heavy atom. The molecule has 0 spiro atoms. The van der Waals surface area contributed by atoms with E-state index in [0.717, 1.165) is 41.4 Å². The van der Waals surface area contributed by atoms with E-state index in [1.165, 1.54) is 38.5 Å². The maximum Gasteiger partial charge on any atom is -0.0260 e. The molecule has 4 aliphatic carbocycles. The van der Waals surface area contributed by atoms with Gasteiger partial charge in [0.15, 0.2) is 0 Å². The lowest BCUT2D eigenvalue weighted by Crippen LogP contribution is -2.53. The van der Waals surface area contributed by atoms with Crippen molar-refractivity contribution in [2.75, 3.05) is 0 Å². The molecular weight excluding hydrogens is 348 g/mol. The Morgan fingerprint density at radius 3 is 2.34 bits per heavy atom. The van der Waals surface area contributed by atoms with Gasteiger partial charge in [0.1, 0.15) is 0 Å². The average molecular weight is 399 g/mol. The van der Waals surface area contributed by atoms with Crippen molar-refractivity contribution in [3.8, 4) is 0 Å². The van der Waals surface area contributed by atoms with E-state index < -0.39 is 0 Å². The Bertz CT molecular complexity index is 599. The van der Waals surface area contributed by atoms with E-state index in [1.807, 2.05) is 0 Å². The van der Waals surface area contributed by atoms with Crippen LogP contribution in [0.1, 0.15) is 119 Å². The molecule has 4 fully saturated rings. The lowest BCUT2D eigenvalue weighted by molar-refractivity contribution is -0.114. The molecule has 166 valence electrons. The third-order valence-electron chi connectivity index (χ3n) is 11.3. The van der Waals surface area contributed by atoms with E-state index in [1.54, 1.807) is 44.1 Å². The van der Waals surface area contributed by atoms with Gasteiger partial charge in [-0.25, -0.2) is 0 Å². The van der Waals surface area contributed by atoms with Crippen LogP contribution in [0.5, 0.6) is 0 Å². The van der Waals surface area contributed by atoms with E-state index in [0.29, 0.717) is 10.8 Å². The van der Waals surface area contributed by atoms with Crippen LogP contribution in [-0.4, -0.2) is 0 Å². The zero-order valence-corrected chi connectivity index (χ0v) is 20.6. The highest BCUT2D eigenvalue weighted by Crippen LogP contribution is 2.68. The molecule has 0 aromatic rings. The molecule has 4 aliphatic rings. The highest BCUT2D eigenvalue weighted by Gasteiger charge is 2.60. The van der Waals surface area contributed by atoms with E-state index >= 15 is 0 Å². The molecule has 0 saturated heterocycles. The highest BCUT2D eigenvalue weighted by molar-refractivity contribution is 5.10. The lowest BCUT2D eigenvalue weighted by Gasteiger charge is -2.61. The summed E-state index contributed by atoms with van der Waals surface area (Å²) in [6.45, 7) is 15.1. The van der Waals surface area contributed by atoms with Gasteiger partial charge in [-0.15, -0.1) is 0 Å². The molecule has 0 aromatic carbocycles. The number of allylic oxidation sites excluding steroid dienone is 2. The predicted molar refractivity (Wildman–Crippen MR) is 127 cm³/mol. The normalized spacial score (nSPS) is 46.2. The van der Waals surface area contributed by atoms with Crippen molar-refractivity contribution < 1.29 is 0 Å². The zero-order chi connectivity index (χ0) is 20.8. The average Bonchev–Trinajstić information content (AvgIpc) is 3.05. The minimum atomic E-state index is 0.645. The first-order valence-electron chi connectivity index (χ1n) is 13.5. The minimum absolute atomic E-state index is 0.645. The summed E-state index contributed by atoms with van der Waals surface area (Å²) in [4.78, 5) is 0. The van der Waals surface area contributed by atoms with Crippen molar-refractivity contribution >= 4 is 0 Å². The molecular formula is C29H50. The summed E-state index contributed by atoms with van der Waals surface area (Å²) in [5, 5.41) is 0. The summed E-state index contributed by atoms with van der Waals surface area (Å²) in [5.74, 6) is 6.83. The fourth-order valence-corrected chi connectivity index (χ4v) is 9.63. The molecule has 0 N–H and O–H groups in total. The molecule has 0 heterocycles. The van der Waals surface area contributed by atoms with Gasteiger partial charge in [0.25, 0.3) is 0 Å². The van der Waals surface area contributed by atoms with Gasteiger partial charge in [0.2, 0.25) is 0 Å². The summed E-state index contributed by atoms with van der Waals surface area (Å²) < 4.78 is 0. The summed E-state index contributed by atoms with van der Waals surface area (Å²) in [5.41, 5.74) is 3.03. The van der Waals surface area contributed by atoms with E-state index in [9.17, 15) is 0 Å². The van der Waals surface area contributed by atoms with Crippen LogP contribution >= 0.6 is 0 Å². The van der Waals surface area contributed by atoms with Crippen molar-refractivity contribution in [3.05, 3.63) is 11.6 Å².